The molecular weight excluding hydrogens is 415 g/mol. The normalized spacial score (nSPS) is 21.5. The molecule has 2 atom stereocenters. The number of carbonyl (C=O) groups excluding carboxylic acids is 2. The van der Waals surface area contributed by atoms with Gasteiger partial charge >= 0.3 is 6.09 Å². The maximum Gasteiger partial charge on any atom is 0.409 e. The van der Waals surface area contributed by atoms with Gasteiger partial charge in [0.15, 0.2) is 5.82 Å². The number of hydrogen-bond donors (Lipinski definition) is 2. The highest BCUT2D eigenvalue weighted by molar-refractivity contribution is 5.98. The van der Waals surface area contributed by atoms with Crippen LogP contribution in [0.3, 0.4) is 0 Å². The monoisotopic (exact) mass is 440 g/mol. The third kappa shape index (κ3) is 4.66. The Morgan fingerprint density at radius 3 is 2.72 bits per heavy atom. The molecule has 1 aromatic carbocycles. The number of likely N-dealkylation sites (tertiary alicyclic amines) is 1. The van der Waals surface area contributed by atoms with Crippen LogP contribution < -0.4 is 11.1 Å². The summed E-state index contributed by atoms with van der Waals surface area (Å²) in [5.41, 5.74) is 6.26. The third-order valence-corrected chi connectivity index (χ3v) is 6.10. The summed E-state index contributed by atoms with van der Waals surface area (Å²) in [5.74, 6) is -1.29. The smallest absolute Gasteiger partial charge is 0.409 e. The molecule has 1 unspecified atom stereocenters. The van der Waals surface area contributed by atoms with Crippen LogP contribution in [0.25, 0.3) is 0 Å². The van der Waals surface area contributed by atoms with Gasteiger partial charge in [-0.3, -0.25) is 9.48 Å². The first-order chi connectivity index (χ1) is 15.3. The number of piperidine rings is 1. The zero-order valence-corrected chi connectivity index (χ0v) is 17.8. The molecule has 1 aliphatic carbocycles. The molecule has 0 radical (unpaired) electrons. The number of hydrogen-bond acceptors (Lipinski definition) is 6. The molecule has 1 saturated heterocycles. The summed E-state index contributed by atoms with van der Waals surface area (Å²) in [4.78, 5) is 26.1. The third-order valence-electron chi connectivity index (χ3n) is 6.10. The second kappa shape index (κ2) is 8.49. The van der Waals surface area contributed by atoms with Crippen LogP contribution in [-0.2, 0) is 4.74 Å². The van der Waals surface area contributed by atoms with Crippen molar-refractivity contribution >= 4 is 23.5 Å². The number of anilines is 2. The van der Waals surface area contributed by atoms with E-state index in [0.717, 1.165) is 12.8 Å². The Balaban J connectivity index is 1.54. The molecule has 0 spiro atoms. The lowest BCUT2D eigenvalue weighted by atomic mass is 9.93. The lowest BCUT2D eigenvalue weighted by molar-refractivity contribution is 0.0641. The number of carbonyl (C=O) groups is 2. The number of nitriles is 1. The van der Waals surface area contributed by atoms with Crippen molar-refractivity contribution in [3.05, 3.63) is 41.8 Å². The highest BCUT2D eigenvalue weighted by Crippen LogP contribution is 2.45. The molecule has 3 N–H and O–H groups in total. The molecule has 9 nitrogen and oxygen atoms in total. The highest BCUT2D eigenvalue weighted by atomic mass is 19.1. The van der Waals surface area contributed by atoms with Crippen LogP contribution in [0.2, 0.25) is 0 Å². The van der Waals surface area contributed by atoms with E-state index < -0.39 is 29.8 Å². The van der Waals surface area contributed by atoms with Crippen molar-refractivity contribution < 1.29 is 18.7 Å². The SMILES string of the molecule is CC1(COC(=O)N2CC[C@@H](C#N)C(n3cc(C(N)=O)c(Nc4ccc(F)cc4)n3)C2)CC1. The number of halogens is 1. The van der Waals surface area contributed by atoms with E-state index in [0.29, 0.717) is 25.3 Å². The standard InChI is InChI=1S/C22H25FN6O3/c1-22(7-8-22)13-32-21(31)28-9-6-14(10-24)18(12-28)29-11-17(19(25)30)20(27-29)26-16-4-2-15(23)3-5-16/h2-5,11,14,18H,6-9,12-13H2,1H3,(H2,25,30)(H,26,27)/t14-,18?/m0/s1. The number of benzene rings is 1. The number of primary amides is 1. The van der Waals surface area contributed by atoms with Crippen LogP contribution in [0.1, 0.15) is 42.6 Å². The number of nitrogens with one attached hydrogen (secondary N) is 1. The molecule has 2 aromatic rings. The minimum atomic E-state index is -0.695. The first kappa shape index (κ1) is 21.6. The van der Waals surface area contributed by atoms with E-state index in [9.17, 15) is 19.2 Å². The van der Waals surface area contributed by atoms with E-state index in [-0.39, 0.29) is 23.3 Å². The second-order valence-corrected chi connectivity index (χ2v) is 8.77. The van der Waals surface area contributed by atoms with E-state index >= 15 is 0 Å². The number of aromatic nitrogens is 2. The van der Waals surface area contributed by atoms with Crippen LogP contribution in [0.4, 0.5) is 20.7 Å². The zero-order chi connectivity index (χ0) is 22.9. The van der Waals surface area contributed by atoms with Gasteiger partial charge in [-0.1, -0.05) is 6.92 Å². The van der Waals surface area contributed by atoms with Gasteiger partial charge < -0.3 is 20.7 Å². The lowest BCUT2D eigenvalue weighted by Gasteiger charge is -2.35. The van der Waals surface area contributed by atoms with Crippen molar-refractivity contribution in [3.63, 3.8) is 0 Å². The number of nitrogens with two attached hydrogens (primary N) is 1. The summed E-state index contributed by atoms with van der Waals surface area (Å²) in [6.45, 7) is 3.10. The van der Waals surface area contributed by atoms with E-state index in [2.05, 4.69) is 23.4 Å². The Morgan fingerprint density at radius 2 is 2.09 bits per heavy atom. The predicted molar refractivity (Wildman–Crippen MR) is 113 cm³/mol. The highest BCUT2D eigenvalue weighted by Gasteiger charge is 2.40. The van der Waals surface area contributed by atoms with Gasteiger partial charge in [0.05, 0.1) is 24.6 Å². The molecule has 1 saturated carbocycles. The fraction of sp³-hybridized carbons (Fsp3) is 0.455. The Kier molecular flexibility index (Phi) is 5.74. The lowest BCUT2D eigenvalue weighted by Crippen LogP contribution is -2.45. The molecule has 10 heteroatoms. The maximum atomic E-state index is 13.2. The molecule has 2 heterocycles. The maximum absolute atomic E-state index is 13.2. The summed E-state index contributed by atoms with van der Waals surface area (Å²) < 4.78 is 20.2. The first-order valence-corrected chi connectivity index (χ1v) is 10.5. The van der Waals surface area contributed by atoms with Crippen LogP contribution >= 0.6 is 0 Å². The molecule has 32 heavy (non-hydrogen) atoms. The van der Waals surface area contributed by atoms with Gasteiger partial charge in [-0.2, -0.15) is 10.4 Å². The Hall–Kier alpha value is -3.61. The van der Waals surface area contributed by atoms with Crippen LogP contribution in [0.15, 0.2) is 30.5 Å². The van der Waals surface area contributed by atoms with Gasteiger partial charge in [0.2, 0.25) is 0 Å². The minimum Gasteiger partial charge on any atom is -0.449 e. The molecule has 1 aromatic heterocycles. The van der Waals surface area contributed by atoms with Gasteiger partial charge in [-0.05, 0) is 43.5 Å². The van der Waals surface area contributed by atoms with Gasteiger partial charge in [-0.25, -0.2) is 9.18 Å². The van der Waals surface area contributed by atoms with Crippen LogP contribution in [0.5, 0.6) is 0 Å². The molecule has 2 aliphatic rings. The first-order valence-electron chi connectivity index (χ1n) is 10.5. The molecule has 0 bridgehead atoms. The summed E-state index contributed by atoms with van der Waals surface area (Å²) >= 11 is 0. The predicted octanol–water partition coefficient (Wildman–Crippen LogP) is 3.19. The Labute approximate surface area is 184 Å². The number of ether oxygens (including phenoxy) is 1. The van der Waals surface area contributed by atoms with E-state index in [4.69, 9.17) is 10.5 Å². The fourth-order valence-corrected chi connectivity index (χ4v) is 3.71. The quantitative estimate of drug-likeness (QED) is 0.710. The second-order valence-electron chi connectivity index (χ2n) is 8.77. The molecule has 2 fully saturated rings. The number of amides is 2. The van der Waals surface area contributed by atoms with Crippen molar-refractivity contribution in [3.8, 4) is 6.07 Å². The fourth-order valence-electron chi connectivity index (χ4n) is 3.71. The molecule has 2 amide bonds. The molecule has 4 rings (SSSR count). The van der Waals surface area contributed by atoms with Gasteiger partial charge in [0, 0.05) is 30.4 Å². The summed E-state index contributed by atoms with van der Waals surface area (Å²) in [7, 11) is 0. The van der Waals surface area contributed by atoms with E-state index in [1.54, 1.807) is 4.90 Å². The number of rotatable bonds is 6. The van der Waals surface area contributed by atoms with Crippen molar-refractivity contribution in [1.82, 2.24) is 14.7 Å². The largest absolute Gasteiger partial charge is 0.449 e. The average Bonchev–Trinajstić information content (AvgIpc) is 3.37. The summed E-state index contributed by atoms with van der Waals surface area (Å²) in [6, 6.07) is 7.38. The average molecular weight is 440 g/mol. The Bertz CT molecular complexity index is 1060. The summed E-state index contributed by atoms with van der Waals surface area (Å²) in [5, 5.41) is 17.0. The molecular formula is C22H25FN6O3. The van der Waals surface area contributed by atoms with Crippen molar-refractivity contribution in [2.24, 2.45) is 17.1 Å². The Morgan fingerprint density at radius 1 is 1.38 bits per heavy atom. The minimum absolute atomic E-state index is 0.0827. The molecule has 1 aliphatic heterocycles. The van der Waals surface area contributed by atoms with Gasteiger partial charge in [-0.15, -0.1) is 0 Å². The van der Waals surface area contributed by atoms with Crippen molar-refractivity contribution in [2.75, 3.05) is 25.0 Å². The van der Waals surface area contributed by atoms with Crippen molar-refractivity contribution in [1.29, 1.82) is 5.26 Å². The van der Waals surface area contributed by atoms with E-state index in [1.165, 1.54) is 35.1 Å². The number of nitrogens with zero attached hydrogens (tertiary/aromatic N) is 4. The van der Waals surface area contributed by atoms with Crippen LogP contribution in [0, 0.1) is 28.5 Å². The van der Waals surface area contributed by atoms with Crippen molar-refractivity contribution in [2.45, 2.75) is 32.2 Å². The topological polar surface area (TPSA) is 126 Å². The van der Waals surface area contributed by atoms with Gasteiger partial charge in [0.1, 0.15) is 11.4 Å². The van der Waals surface area contributed by atoms with Crippen LogP contribution in [-0.4, -0.2) is 46.4 Å². The van der Waals surface area contributed by atoms with E-state index in [1.807, 2.05) is 0 Å². The summed E-state index contributed by atoms with van der Waals surface area (Å²) in [6.07, 6.45) is 3.62. The zero-order valence-electron chi connectivity index (χ0n) is 17.8. The molecule has 168 valence electrons. The van der Waals surface area contributed by atoms with Gasteiger partial charge in [0.25, 0.3) is 5.91 Å².